The number of nitrogens with zero attached hydrogens (tertiary/aromatic N) is 3. The Balaban J connectivity index is 2.29. The minimum absolute atomic E-state index is 0.444. The van der Waals surface area contributed by atoms with Crippen molar-refractivity contribution >= 4 is 0 Å². The van der Waals surface area contributed by atoms with Gasteiger partial charge in [0.15, 0.2) is 0 Å². The molecular formula is C8H9N3. The van der Waals surface area contributed by atoms with Gasteiger partial charge in [-0.15, -0.1) is 0 Å². The van der Waals surface area contributed by atoms with Gasteiger partial charge in [0.25, 0.3) is 0 Å². The van der Waals surface area contributed by atoms with E-state index < -0.39 is 0 Å². The van der Waals surface area contributed by atoms with Crippen LogP contribution in [0.25, 0.3) is 0 Å². The lowest BCUT2D eigenvalue weighted by Gasteiger charge is -1.89. The third kappa shape index (κ3) is 1.01. The average Bonchev–Trinajstić information content (AvgIpc) is 2.46. The lowest BCUT2D eigenvalue weighted by molar-refractivity contribution is 0.647. The number of hydrogen-bond acceptors (Lipinski definition) is 2. The fourth-order valence-electron chi connectivity index (χ4n) is 1.49. The van der Waals surface area contributed by atoms with Crippen LogP contribution in [0.15, 0.2) is 6.07 Å². The number of aryl methyl sites for hydroxylation is 2. The van der Waals surface area contributed by atoms with Gasteiger partial charge < -0.3 is 0 Å². The Labute approximate surface area is 65.3 Å². The molecule has 0 saturated heterocycles. The molecule has 2 heterocycles. The van der Waals surface area contributed by atoms with E-state index in [1.54, 1.807) is 0 Å². The van der Waals surface area contributed by atoms with Crippen molar-refractivity contribution in [3.8, 4) is 6.07 Å². The first kappa shape index (κ1) is 6.41. The van der Waals surface area contributed by atoms with Crippen LogP contribution in [0.3, 0.4) is 0 Å². The van der Waals surface area contributed by atoms with Crippen molar-refractivity contribution in [1.82, 2.24) is 9.78 Å². The van der Waals surface area contributed by atoms with Crippen LogP contribution in [-0.4, -0.2) is 9.78 Å². The molecule has 11 heavy (non-hydrogen) atoms. The maximum Gasteiger partial charge on any atom is 0.0793 e. The van der Waals surface area contributed by atoms with E-state index in [-0.39, 0.29) is 0 Å². The number of hydrogen-bond donors (Lipinski definition) is 0. The highest BCUT2D eigenvalue weighted by molar-refractivity contribution is 5.15. The molecule has 0 radical (unpaired) electrons. The zero-order valence-corrected chi connectivity index (χ0v) is 6.25. The molecular weight excluding hydrogens is 138 g/mol. The topological polar surface area (TPSA) is 41.6 Å². The molecule has 0 N–H and O–H groups in total. The molecule has 0 spiro atoms. The van der Waals surface area contributed by atoms with Crippen molar-refractivity contribution in [2.45, 2.75) is 25.8 Å². The second-order valence-electron chi connectivity index (χ2n) is 2.79. The lowest BCUT2D eigenvalue weighted by atomic mass is 10.2. The third-order valence-corrected chi connectivity index (χ3v) is 1.98. The smallest absolute Gasteiger partial charge is 0.0793 e. The Bertz CT molecular complexity index is 284. The molecule has 3 nitrogen and oxygen atoms in total. The molecule has 0 atom stereocenters. The number of nitriles is 1. The Morgan fingerprint density at radius 2 is 2.64 bits per heavy atom. The molecule has 0 amide bonds. The van der Waals surface area contributed by atoms with E-state index in [4.69, 9.17) is 5.26 Å². The highest BCUT2D eigenvalue weighted by Gasteiger charge is 2.12. The normalized spacial score (nSPS) is 14.5. The molecule has 0 unspecified atom stereocenters. The van der Waals surface area contributed by atoms with Crippen LogP contribution < -0.4 is 0 Å². The molecule has 1 aromatic heterocycles. The molecule has 56 valence electrons. The van der Waals surface area contributed by atoms with E-state index in [2.05, 4.69) is 11.2 Å². The first-order valence-corrected chi connectivity index (χ1v) is 3.83. The van der Waals surface area contributed by atoms with Crippen LogP contribution >= 0.6 is 0 Å². The Kier molecular flexibility index (Phi) is 1.39. The summed E-state index contributed by atoms with van der Waals surface area (Å²) in [5.41, 5.74) is 2.21. The van der Waals surface area contributed by atoms with Gasteiger partial charge in [0.05, 0.1) is 18.2 Å². The summed E-state index contributed by atoms with van der Waals surface area (Å²) in [6, 6.07) is 4.13. The fraction of sp³-hybridized carbons (Fsp3) is 0.500. The molecule has 2 rings (SSSR count). The number of rotatable bonds is 1. The summed E-state index contributed by atoms with van der Waals surface area (Å²) in [6.07, 6.45) is 2.77. The van der Waals surface area contributed by atoms with Gasteiger partial charge in [0, 0.05) is 12.2 Å². The quantitative estimate of drug-likeness (QED) is 0.592. The van der Waals surface area contributed by atoms with Crippen LogP contribution in [0.4, 0.5) is 0 Å². The molecule has 0 saturated carbocycles. The van der Waals surface area contributed by atoms with E-state index in [9.17, 15) is 0 Å². The van der Waals surface area contributed by atoms with Crippen LogP contribution in [0, 0.1) is 11.3 Å². The lowest BCUT2D eigenvalue weighted by Crippen LogP contribution is -1.95. The molecule has 1 aromatic rings. The van der Waals surface area contributed by atoms with Gasteiger partial charge >= 0.3 is 0 Å². The monoisotopic (exact) mass is 147 g/mol. The zero-order valence-electron chi connectivity index (χ0n) is 6.25. The van der Waals surface area contributed by atoms with Gasteiger partial charge in [0.1, 0.15) is 0 Å². The summed E-state index contributed by atoms with van der Waals surface area (Å²) in [6.45, 7) is 1.03. The minimum Gasteiger partial charge on any atom is -0.269 e. The average molecular weight is 147 g/mol. The molecule has 3 heteroatoms. The van der Waals surface area contributed by atoms with Crippen molar-refractivity contribution in [1.29, 1.82) is 5.26 Å². The summed E-state index contributed by atoms with van der Waals surface area (Å²) < 4.78 is 2.01. The van der Waals surface area contributed by atoms with Gasteiger partial charge in [-0.2, -0.15) is 10.4 Å². The molecule has 0 aromatic carbocycles. The van der Waals surface area contributed by atoms with Crippen molar-refractivity contribution in [3.05, 3.63) is 17.5 Å². The standard InChI is InChI=1S/C8H9N3/c9-4-3-7-6-8-2-1-5-11(8)10-7/h6H,1-3,5H2. The van der Waals surface area contributed by atoms with Gasteiger partial charge in [-0.3, -0.25) is 4.68 Å². The summed E-state index contributed by atoms with van der Waals surface area (Å²) in [5.74, 6) is 0. The molecule has 0 fully saturated rings. The van der Waals surface area contributed by atoms with E-state index in [0.29, 0.717) is 6.42 Å². The van der Waals surface area contributed by atoms with Gasteiger partial charge in [-0.25, -0.2) is 0 Å². The van der Waals surface area contributed by atoms with Gasteiger partial charge in [0.2, 0.25) is 0 Å². The maximum absolute atomic E-state index is 8.41. The minimum atomic E-state index is 0.444. The summed E-state index contributed by atoms with van der Waals surface area (Å²) >= 11 is 0. The van der Waals surface area contributed by atoms with Crippen molar-refractivity contribution < 1.29 is 0 Å². The van der Waals surface area contributed by atoms with Gasteiger partial charge in [-0.1, -0.05) is 0 Å². The highest BCUT2D eigenvalue weighted by Crippen LogP contribution is 2.14. The number of aromatic nitrogens is 2. The largest absolute Gasteiger partial charge is 0.269 e. The summed E-state index contributed by atoms with van der Waals surface area (Å²) in [7, 11) is 0. The summed E-state index contributed by atoms with van der Waals surface area (Å²) in [4.78, 5) is 0. The SMILES string of the molecule is N#CCc1cc2n(n1)CCC2. The van der Waals surface area contributed by atoms with Gasteiger partial charge in [-0.05, 0) is 18.9 Å². The molecule has 0 aliphatic carbocycles. The zero-order chi connectivity index (χ0) is 7.68. The van der Waals surface area contributed by atoms with E-state index in [1.165, 1.54) is 12.1 Å². The second-order valence-corrected chi connectivity index (χ2v) is 2.79. The Morgan fingerprint density at radius 1 is 1.73 bits per heavy atom. The predicted octanol–water partition coefficient (Wildman–Crippen LogP) is 0.895. The van der Waals surface area contributed by atoms with E-state index in [0.717, 1.165) is 18.7 Å². The van der Waals surface area contributed by atoms with Crippen LogP contribution in [0.5, 0.6) is 0 Å². The second kappa shape index (κ2) is 2.39. The highest BCUT2D eigenvalue weighted by atomic mass is 15.3. The predicted molar refractivity (Wildman–Crippen MR) is 39.9 cm³/mol. The summed E-state index contributed by atoms with van der Waals surface area (Å²) in [5, 5.41) is 12.7. The van der Waals surface area contributed by atoms with E-state index >= 15 is 0 Å². The molecule has 1 aliphatic rings. The van der Waals surface area contributed by atoms with Crippen molar-refractivity contribution in [3.63, 3.8) is 0 Å². The number of fused-ring (bicyclic) bond motifs is 1. The fourth-order valence-corrected chi connectivity index (χ4v) is 1.49. The van der Waals surface area contributed by atoms with Crippen LogP contribution in [-0.2, 0) is 19.4 Å². The maximum atomic E-state index is 8.41. The van der Waals surface area contributed by atoms with Crippen LogP contribution in [0.2, 0.25) is 0 Å². The molecule has 1 aliphatic heterocycles. The van der Waals surface area contributed by atoms with Crippen molar-refractivity contribution in [2.24, 2.45) is 0 Å². The van der Waals surface area contributed by atoms with Crippen molar-refractivity contribution in [2.75, 3.05) is 0 Å². The Hall–Kier alpha value is -1.30. The van der Waals surface area contributed by atoms with E-state index in [1.807, 2.05) is 10.7 Å². The Morgan fingerprint density at radius 3 is 3.36 bits per heavy atom. The van der Waals surface area contributed by atoms with Crippen LogP contribution in [0.1, 0.15) is 17.8 Å². The first-order valence-electron chi connectivity index (χ1n) is 3.83. The molecule has 0 bridgehead atoms. The first-order chi connectivity index (χ1) is 5.40. The third-order valence-electron chi connectivity index (χ3n) is 1.98.